The predicted molar refractivity (Wildman–Crippen MR) is 234 cm³/mol. The average molecular weight is 720 g/mol. The molecule has 2 heteroatoms. The molecule has 0 radical (unpaired) electrons. The fourth-order valence-corrected chi connectivity index (χ4v) is 9.78. The van der Waals surface area contributed by atoms with Crippen molar-refractivity contribution in [3.05, 3.63) is 198 Å². The number of rotatable bonds is 5. The predicted octanol–water partition coefficient (Wildman–Crippen LogP) is 15.0. The molecule has 0 saturated carbocycles. The van der Waals surface area contributed by atoms with E-state index in [2.05, 4.69) is 209 Å². The van der Waals surface area contributed by atoms with Gasteiger partial charge in [0.25, 0.3) is 0 Å². The van der Waals surface area contributed by atoms with Crippen molar-refractivity contribution in [1.29, 1.82) is 0 Å². The third-order valence-corrected chi connectivity index (χ3v) is 12.7. The van der Waals surface area contributed by atoms with Gasteiger partial charge in [-0.15, -0.1) is 0 Å². The number of furan rings is 1. The summed E-state index contributed by atoms with van der Waals surface area (Å²) in [5.41, 5.74) is 19.9. The zero-order valence-corrected chi connectivity index (χ0v) is 32.1. The highest BCUT2D eigenvalue weighted by atomic mass is 16.3. The molecule has 2 aliphatic carbocycles. The lowest BCUT2D eigenvalue weighted by Gasteiger charge is -2.31. The number of anilines is 3. The largest absolute Gasteiger partial charge is 0.454 e. The Labute approximate surface area is 328 Å². The van der Waals surface area contributed by atoms with Crippen LogP contribution in [-0.2, 0) is 10.8 Å². The number of fused-ring (bicyclic) bond motifs is 9. The smallest absolute Gasteiger partial charge is 0.160 e. The molecule has 0 unspecified atom stereocenters. The standard InChI is InChI=1S/C54H41NO/c1-53(2)46-21-13-11-19-40(46)42-27-24-37(32-48(42)53)55(38-25-28-43-41-20-12-14-22-47(41)54(3,4)49(43)33-38)51-39(35-17-9-6-10-18-35)29-30-45-44-26-23-36(31-50(44)56-52(45)51)34-15-7-5-8-16-34/h5-33H,1-4H3. The average Bonchev–Trinajstić information content (AvgIpc) is 3.81. The third-order valence-electron chi connectivity index (χ3n) is 12.7. The Morgan fingerprint density at radius 1 is 0.375 bits per heavy atom. The molecule has 0 saturated heterocycles. The van der Waals surface area contributed by atoms with E-state index in [1.165, 1.54) is 50.1 Å². The maximum Gasteiger partial charge on any atom is 0.160 e. The highest BCUT2D eigenvalue weighted by Crippen LogP contribution is 2.55. The van der Waals surface area contributed by atoms with Crippen LogP contribution in [0, 0.1) is 0 Å². The van der Waals surface area contributed by atoms with Crippen molar-refractivity contribution in [1.82, 2.24) is 0 Å². The van der Waals surface area contributed by atoms with Crippen molar-refractivity contribution < 1.29 is 4.42 Å². The molecule has 0 N–H and O–H groups in total. The number of hydrogen-bond donors (Lipinski definition) is 0. The van der Waals surface area contributed by atoms with Gasteiger partial charge in [0.15, 0.2) is 5.58 Å². The first kappa shape index (κ1) is 32.8. The fourth-order valence-electron chi connectivity index (χ4n) is 9.78. The van der Waals surface area contributed by atoms with Crippen molar-refractivity contribution in [3.63, 3.8) is 0 Å². The van der Waals surface area contributed by atoms with Gasteiger partial charge in [-0.2, -0.15) is 0 Å². The van der Waals surface area contributed by atoms with Crippen LogP contribution in [0.3, 0.4) is 0 Å². The van der Waals surface area contributed by atoms with Crippen LogP contribution in [0.4, 0.5) is 17.1 Å². The molecule has 8 aromatic carbocycles. The highest BCUT2D eigenvalue weighted by molar-refractivity contribution is 6.14. The summed E-state index contributed by atoms with van der Waals surface area (Å²) in [5.74, 6) is 0. The maximum absolute atomic E-state index is 7.16. The van der Waals surface area contributed by atoms with Crippen LogP contribution in [0.2, 0.25) is 0 Å². The summed E-state index contributed by atoms with van der Waals surface area (Å²) in [5, 5.41) is 2.21. The molecule has 0 fully saturated rings. The molecule has 0 atom stereocenters. The van der Waals surface area contributed by atoms with Crippen molar-refractivity contribution in [2.45, 2.75) is 38.5 Å². The summed E-state index contributed by atoms with van der Waals surface area (Å²) < 4.78 is 7.16. The second-order valence-corrected chi connectivity index (χ2v) is 16.5. The molecule has 9 aromatic rings. The van der Waals surface area contributed by atoms with Crippen LogP contribution >= 0.6 is 0 Å². The van der Waals surface area contributed by atoms with Crippen LogP contribution in [0.5, 0.6) is 0 Å². The Bertz CT molecular complexity index is 2910. The molecule has 2 aliphatic rings. The minimum absolute atomic E-state index is 0.156. The summed E-state index contributed by atoms with van der Waals surface area (Å²) in [6.45, 7) is 9.45. The monoisotopic (exact) mass is 719 g/mol. The number of benzene rings is 8. The zero-order valence-electron chi connectivity index (χ0n) is 32.1. The van der Waals surface area contributed by atoms with Crippen LogP contribution in [0.1, 0.15) is 49.9 Å². The van der Waals surface area contributed by atoms with Gasteiger partial charge in [0.2, 0.25) is 0 Å². The van der Waals surface area contributed by atoms with Crippen LogP contribution in [-0.4, -0.2) is 0 Å². The van der Waals surface area contributed by atoms with E-state index in [-0.39, 0.29) is 10.8 Å². The van der Waals surface area contributed by atoms with Crippen molar-refractivity contribution in [3.8, 4) is 44.5 Å². The second-order valence-electron chi connectivity index (χ2n) is 16.5. The first-order valence-corrected chi connectivity index (χ1v) is 19.7. The Morgan fingerprint density at radius 2 is 0.857 bits per heavy atom. The minimum atomic E-state index is -0.156. The molecule has 11 rings (SSSR count). The maximum atomic E-state index is 7.16. The summed E-state index contributed by atoms with van der Waals surface area (Å²) in [6.07, 6.45) is 0. The lowest BCUT2D eigenvalue weighted by atomic mass is 9.82. The molecule has 2 nitrogen and oxygen atoms in total. The Kier molecular flexibility index (Phi) is 6.98. The summed E-state index contributed by atoms with van der Waals surface area (Å²) in [4.78, 5) is 2.48. The van der Waals surface area contributed by atoms with E-state index in [1.54, 1.807) is 0 Å². The zero-order chi connectivity index (χ0) is 37.8. The second kappa shape index (κ2) is 11.9. The normalized spacial score (nSPS) is 14.4. The molecule has 0 aliphatic heterocycles. The van der Waals surface area contributed by atoms with E-state index in [0.717, 1.165) is 55.7 Å². The number of nitrogens with zero attached hydrogens (tertiary/aromatic N) is 1. The van der Waals surface area contributed by atoms with E-state index in [0.29, 0.717) is 0 Å². The molecule has 0 amide bonds. The van der Waals surface area contributed by atoms with E-state index in [9.17, 15) is 0 Å². The first-order valence-electron chi connectivity index (χ1n) is 19.7. The summed E-state index contributed by atoms with van der Waals surface area (Å²) in [6, 6.07) is 64.5. The molecule has 0 spiro atoms. The highest BCUT2D eigenvalue weighted by Gasteiger charge is 2.38. The van der Waals surface area contributed by atoms with Crippen molar-refractivity contribution in [2.24, 2.45) is 0 Å². The third kappa shape index (κ3) is 4.69. The van der Waals surface area contributed by atoms with Gasteiger partial charge in [-0.3, -0.25) is 0 Å². The molecule has 268 valence electrons. The molecule has 1 aromatic heterocycles. The molecular weight excluding hydrogens is 679 g/mol. The summed E-state index contributed by atoms with van der Waals surface area (Å²) >= 11 is 0. The molecule has 56 heavy (non-hydrogen) atoms. The van der Waals surface area contributed by atoms with E-state index < -0.39 is 0 Å². The Hall–Kier alpha value is -6.64. The quantitative estimate of drug-likeness (QED) is 0.176. The fraction of sp³-hybridized carbons (Fsp3) is 0.111. The van der Waals surface area contributed by atoms with Gasteiger partial charge in [-0.1, -0.05) is 161 Å². The minimum Gasteiger partial charge on any atom is -0.454 e. The van der Waals surface area contributed by atoms with E-state index in [4.69, 9.17) is 4.42 Å². The van der Waals surface area contributed by atoms with Crippen molar-refractivity contribution in [2.75, 3.05) is 4.90 Å². The lowest BCUT2D eigenvalue weighted by molar-refractivity contribution is 0.659. The van der Waals surface area contributed by atoms with Crippen LogP contribution < -0.4 is 4.90 Å². The first-order chi connectivity index (χ1) is 27.3. The molecule has 1 heterocycles. The summed E-state index contributed by atoms with van der Waals surface area (Å²) in [7, 11) is 0. The van der Waals surface area contributed by atoms with Gasteiger partial charge in [-0.05, 0) is 104 Å². The van der Waals surface area contributed by atoms with Crippen LogP contribution in [0.25, 0.3) is 66.4 Å². The molecule has 0 bridgehead atoms. The van der Waals surface area contributed by atoms with Gasteiger partial charge in [0, 0.05) is 38.5 Å². The van der Waals surface area contributed by atoms with Crippen LogP contribution in [0.15, 0.2) is 180 Å². The van der Waals surface area contributed by atoms with E-state index in [1.807, 2.05) is 0 Å². The molecular formula is C54H41NO. The Morgan fingerprint density at radius 3 is 1.45 bits per heavy atom. The topological polar surface area (TPSA) is 16.4 Å². The van der Waals surface area contributed by atoms with Gasteiger partial charge < -0.3 is 9.32 Å². The van der Waals surface area contributed by atoms with Crippen molar-refractivity contribution >= 4 is 39.0 Å². The SMILES string of the molecule is CC1(C)c2ccccc2-c2ccc(N(c3ccc4c(c3)C(C)(C)c3ccccc3-4)c3c(-c4ccccc4)ccc4c3oc3cc(-c5ccccc5)ccc34)cc21. The Balaban J connectivity index is 1.21. The van der Waals surface area contributed by atoms with E-state index >= 15 is 0 Å². The lowest BCUT2D eigenvalue weighted by Crippen LogP contribution is -2.18. The number of hydrogen-bond acceptors (Lipinski definition) is 2. The van der Waals surface area contributed by atoms with Gasteiger partial charge in [-0.25, -0.2) is 0 Å². The van der Waals surface area contributed by atoms with Gasteiger partial charge in [0.1, 0.15) is 5.58 Å². The van der Waals surface area contributed by atoms with Gasteiger partial charge in [0.05, 0.1) is 5.69 Å². The van der Waals surface area contributed by atoms with Gasteiger partial charge >= 0.3 is 0 Å².